The van der Waals surface area contributed by atoms with Gasteiger partial charge in [-0.25, -0.2) is 0 Å². The van der Waals surface area contributed by atoms with Gasteiger partial charge in [0.15, 0.2) is 0 Å². The third kappa shape index (κ3) is 18.3. The highest BCUT2D eigenvalue weighted by Gasteiger charge is 2.06. The molecule has 0 aromatic rings. The molecule has 0 bridgehead atoms. The summed E-state index contributed by atoms with van der Waals surface area (Å²) in [4.78, 5) is 10.4. The van der Waals surface area contributed by atoms with Gasteiger partial charge in [-0.15, -0.1) is 0 Å². The van der Waals surface area contributed by atoms with Crippen molar-refractivity contribution in [2.75, 3.05) is 0 Å². The van der Waals surface area contributed by atoms with E-state index in [0.717, 1.165) is 32.1 Å². The smallest absolute Gasteiger partial charge is 0.303 e. The van der Waals surface area contributed by atoms with E-state index in [-0.39, 0.29) is 11.8 Å². The first-order chi connectivity index (χ1) is 12.5. The number of allylic oxidation sites excluding steroid dienone is 12. The van der Waals surface area contributed by atoms with Crippen molar-refractivity contribution in [2.24, 2.45) is 5.41 Å². The van der Waals surface area contributed by atoms with Crippen LogP contribution in [0.3, 0.4) is 0 Å². The molecule has 0 aliphatic carbocycles. The largest absolute Gasteiger partial charge is 0.481 e. The van der Waals surface area contributed by atoms with E-state index in [1.807, 2.05) is 12.2 Å². The van der Waals surface area contributed by atoms with E-state index in [4.69, 9.17) is 5.11 Å². The minimum atomic E-state index is -0.743. The number of hydrogen-bond donors (Lipinski definition) is 1. The van der Waals surface area contributed by atoms with Crippen molar-refractivity contribution in [1.29, 1.82) is 0 Å². The number of hydrogen-bond acceptors (Lipinski definition) is 1. The first-order valence-corrected chi connectivity index (χ1v) is 9.65. The summed E-state index contributed by atoms with van der Waals surface area (Å²) in [5.74, 6) is -0.743. The molecule has 0 aromatic heterocycles. The van der Waals surface area contributed by atoms with E-state index >= 15 is 0 Å². The summed E-state index contributed by atoms with van der Waals surface area (Å²) in [6.45, 7) is 6.60. The molecule has 1 N–H and O–H groups in total. The van der Waals surface area contributed by atoms with Crippen LogP contribution in [0, 0.1) is 5.41 Å². The van der Waals surface area contributed by atoms with Crippen molar-refractivity contribution in [3.63, 3.8) is 0 Å². The summed E-state index contributed by atoms with van der Waals surface area (Å²) in [7, 11) is 0. The lowest BCUT2D eigenvalue weighted by atomic mass is 9.92. The summed E-state index contributed by atoms with van der Waals surface area (Å²) < 4.78 is 0. The van der Waals surface area contributed by atoms with Gasteiger partial charge in [-0.3, -0.25) is 4.79 Å². The Labute approximate surface area is 160 Å². The van der Waals surface area contributed by atoms with E-state index in [9.17, 15) is 4.79 Å². The van der Waals surface area contributed by atoms with Crippen LogP contribution in [0.25, 0.3) is 0 Å². The average molecular weight is 357 g/mol. The van der Waals surface area contributed by atoms with Crippen molar-refractivity contribution in [3.05, 3.63) is 72.9 Å². The van der Waals surface area contributed by atoms with Gasteiger partial charge in [-0.1, -0.05) is 93.7 Å². The molecule has 2 nitrogen and oxygen atoms in total. The maximum absolute atomic E-state index is 10.4. The Morgan fingerprint density at radius 1 is 0.731 bits per heavy atom. The first kappa shape index (κ1) is 23.9. The molecule has 0 amide bonds. The molecule has 0 unspecified atom stereocenters. The minimum Gasteiger partial charge on any atom is -0.481 e. The molecular weight excluding hydrogens is 320 g/mol. The monoisotopic (exact) mass is 356 g/mol. The molecule has 0 fully saturated rings. The molecule has 0 rings (SSSR count). The molecule has 0 saturated heterocycles. The highest BCUT2D eigenvalue weighted by Crippen LogP contribution is 2.19. The van der Waals surface area contributed by atoms with Crippen molar-refractivity contribution >= 4 is 5.97 Å². The molecule has 0 saturated carbocycles. The number of carbonyl (C=O) groups is 1. The van der Waals surface area contributed by atoms with Crippen molar-refractivity contribution < 1.29 is 9.90 Å². The Hall–Kier alpha value is -2.09. The minimum absolute atomic E-state index is 0.0980. The predicted octanol–water partition coefficient (Wildman–Crippen LogP) is 7.19. The maximum atomic E-state index is 10.4. The third-order valence-corrected chi connectivity index (χ3v) is 3.61. The quantitative estimate of drug-likeness (QED) is 0.334. The summed E-state index contributed by atoms with van der Waals surface area (Å²) >= 11 is 0. The molecule has 26 heavy (non-hydrogen) atoms. The van der Waals surface area contributed by atoms with Crippen LogP contribution >= 0.6 is 0 Å². The highest BCUT2D eigenvalue weighted by atomic mass is 16.4. The van der Waals surface area contributed by atoms with Crippen molar-refractivity contribution in [1.82, 2.24) is 0 Å². The van der Waals surface area contributed by atoms with E-state index in [0.29, 0.717) is 6.42 Å². The Morgan fingerprint density at radius 2 is 1.15 bits per heavy atom. The maximum Gasteiger partial charge on any atom is 0.303 e. The lowest BCUT2D eigenvalue weighted by Crippen LogP contribution is -2.01. The Morgan fingerprint density at radius 3 is 1.62 bits per heavy atom. The van der Waals surface area contributed by atoms with Crippen molar-refractivity contribution in [3.8, 4) is 0 Å². The fraction of sp³-hybridized carbons (Fsp3) is 0.458. The van der Waals surface area contributed by atoms with Gasteiger partial charge < -0.3 is 5.11 Å². The summed E-state index contributed by atoms with van der Waals surface area (Å²) in [5.41, 5.74) is 0.0980. The molecule has 0 aromatic carbocycles. The van der Waals surface area contributed by atoms with Crippen LogP contribution in [0.2, 0.25) is 0 Å². The topological polar surface area (TPSA) is 37.3 Å². The van der Waals surface area contributed by atoms with Gasteiger partial charge in [0, 0.05) is 11.8 Å². The van der Waals surface area contributed by atoms with Gasteiger partial charge in [-0.05, 0) is 38.5 Å². The first-order valence-electron chi connectivity index (χ1n) is 9.65. The van der Waals surface area contributed by atoms with Crippen LogP contribution < -0.4 is 0 Å². The average Bonchev–Trinajstić information content (AvgIpc) is 2.58. The molecule has 0 aliphatic heterocycles. The molecule has 0 heterocycles. The number of aliphatic carboxylic acids is 1. The normalized spacial score (nSPS) is 13.7. The zero-order valence-corrected chi connectivity index (χ0v) is 16.7. The fourth-order valence-electron chi connectivity index (χ4n) is 2.18. The SMILES string of the molecule is CC/C=C\C/C=C\C(C)(C)/C=C\C/C=C\C/C=C\C/C=C\CCC(=O)O. The third-order valence-electron chi connectivity index (χ3n) is 3.61. The Kier molecular flexibility index (Phi) is 15.1. The second-order valence-corrected chi connectivity index (χ2v) is 6.80. The highest BCUT2D eigenvalue weighted by molar-refractivity contribution is 5.66. The van der Waals surface area contributed by atoms with Crippen LogP contribution in [0.5, 0.6) is 0 Å². The van der Waals surface area contributed by atoms with Gasteiger partial charge in [0.1, 0.15) is 0 Å². The van der Waals surface area contributed by atoms with Gasteiger partial charge >= 0.3 is 5.97 Å². The summed E-state index contributed by atoms with van der Waals surface area (Å²) in [5, 5.41) is 8.52. The van der Waals surface area contributed by atoms with E-state index in [1.165, 1.54) is 0 Å². The van der Waals surface area contributed by atoms with E-state index in [2.05, 4.69) is 81.5 Å². The zero-order chi connectivity index (χ0) is 19.5. The molecule has 2 heteroatoms. The summed E-state index contributed by atoms with van der Waals surface area (Å²) in [6, 6.07) is 0. The molecule has 0 spiro atoms. The number of carboxylic acid groups (broad SMARTS) is 1. The van der Waals surface area contributed by atoms with Crippen LogP contribution in [-0.4, -0.2) is 11.1 Å². The lowest BCUT2D eigenvalue weighted by molar-refractivity contribution is -0.136. The molecular formula is C24H36O2. The number of rotatable bonds is 14. The van der Waals surface area contributed by atoms with Gasteiger partial charge in [0.05, 0.1) is 0 Å². The molecule has 144 valence electrons. The van der Waals surface area contributed by atoms with Crippen LogP contribution in [0.1, 0.15) is 65.7 Å². The molecule has 0 radical (unpaired) electrons. The second kappa shape index (κ2) is 16.4. The van der Waals surface area contributed by atoms with Gasteiger partial charge in [0.2, 0.25) is 0 Å². The van der Waals surface area contributed by atoms with Crippen LogP contribution in [0.4, 0.5) is 0 Å². The Bertz CT molecular complexity index is 528. The van der Waals surface area contributed by atoms with Crippen LogP contribution in [-0.2, 0) is 4.79 Å². The molecule has 0 atom stereocenters. The van der Waals surface area contributed by atoms with Gasteiger partial charge in [-0.2, -0.15) is 0 Å². The van der Waals surface area contributed by atoms with Gasteiger partial charge in [0.25, 0.3) is 0 Å². The zero-order valence-electron chi connectivity index (χ0n) is 16.7. The standard InChI is InChI=1S/C24H36O2/c1-4-5-6-15-18-21-24(2,3)22-19-16-13-11-9-7-8-10-12-14-17-20-23(25)26/h5-8,11-14,18-19,21-22H,4,9-10,15-17,20H2,1-3H3,(H,25,26)/b6-5-,8-7-,13-11-,14-12-,21-18-,22-19-. The second-order valence-electron chi connectivity index (χ2n) is 6.80. The fourth-order valence-corrected chi connectivity index (χ4v) is 2.18. The van der Waals surface area contributed by atoms with E-state index in [1.54, 1.807) is 0 Å². The Balaban J connectivity index is 3.87. The number of carboxylic acids is 1. The van der Waals surface area contributed by atoms with E-state index < -0.39 is 5.97 Å². The lowest BCUT2D eigenvalue weighted by Gasteiger charge is -2.13. The van der Waals surface area contributed by atoms with Crippen molar-refractivity contribution in [2.45, 2.75) is 65.7 Å². The predicted molar refractivity (Wildman–Crippen MR) is 114 cm³/mol. The summed E-state index contributed by atoms with van der Waals surface area (Å²) in [6.07, 6.45) is 31.6. The van der Waals surface area contributed by atoms with Crippen LogP contribution in [0.15, 0.2) is 72.9 Å². The molecule has 0 aliphatic rings.